The van der Waals surface area contributed by atoms with Crippen LogP contribution in [0.15, 0.2) is 0 Å². The van der Waals surface area contributed by atoms with Gasteiger partial charge in [-0.15, -0.1) is 0 Å². The smallest absolute Gasteiger partial charge is 0.386 e. The van der Waals surface area contributed by atoms with Gasteiger partial charge in [0, 0.05) is 26.9 Å². The van der Waals surface area contributed by atoms with Crippen LogP contribution in [0.2, 0.25) is 6.04 Å². The Bertz CT molecular complexity index is 91.0. The third-order valence-electron chi connectivity index (χ3n) is 1.64. The van der Waals surface area contributed by atoms with E-state index in [1.807, 2.05) is 0 Å². The summed E-state index contributed by atoms with van der Waals surface area (Å²) in [5, 5.41) is 0. The van der Waals surface area contributed by atoms with Gasteiger partial charge in [0.25, 0.3) is 0 Å². The van der Waals surface area contributed by atoms with Crippen molar-refractivity contribution in [3.8, 4) is 0 Å². The Balaban J connectivity index is 2.08. The monoisotopic (exact) mass is 161 g/mol. The van der Waals surface area contributed by atoms with Gasteiger partial charge in [-0.2, -0.15) is 0 Å². The standard InChI is InChI=1S/C6H13O3Si/c1-7-10(8-2)5-6-3-4-9-6/h6H,3-5H2,1-2H3. The van der Waals surface area contributed by atoms with Crippen LogP contribution in [0.4, 0.5) is 0 Å². The molecule has 0 aliphatic carbocycles. The van der Waals surface area contributed by atoms with Crippen molar-refractivity contribution in [1.29, 1.82) is 0 Å². The van der Waals surface area contributed by atoms with Gasteiger partial charge in [0.05, 0.1) is 6.10 Å². The highest BCUT2D eigenvalue weighted by Crippen LogP contribution is 2.17. The second kappa shape index (κ2) is 4.08. The van der Waals surface area contributed by atoms with Crippen LogP contribution in [0.3, 0.4) is 0 Å². The van der Waals surface area contributed by atoms with E-state index in [0.717, 1.165) is 12.7 Å². The summed E-state index contributed by atoms with van der Waals surface area (Å²) in [6.45, 7) is 0.910. The van der Waals surface area contributed by atoms with E-state index in [-0.39, 0.29) is 0 Å². The molecular formula is C6H13O3Si. The van der Waals surface area contributed by atoms with Crippen LogP contribution < -0.4 is 0 Å². The topological polar surface area (TPSA) is 27.7 Å². The average Bonchev–Trinajstić information content (AvgIpc) is 1.87. The summed E-state index contributed by atoms with van der Waals surface area (Å²) in [7, 11) is 2.37. The van der Waals surface area contributed by atoms with Gasteiger partial charge in [-0.05, 0) is 6.42 Å². The first-order valence-electron chi connectivity index (χ1n) is 3.42. The van der Waals surface area contributed by atoms with Crippen LogP contribution in [0, 0.1) is 0 Å². The zero-order chi connectivity index (χ0) is 7.40. The van der Waals surface area contributed by atoms with Crippen LogP contribution in [0.1, 0.15) is 6.42 Å². The highest BCUT2D eigenvalue weighted by molar-refractivity contribution is 6.44. The van der Waals surface area contributed by atoms with Crippen molar-refractivity contribution in [3.63, 3.8) is 0 Å². The van der Waals surface area contributed by atoms with Crippen molar-refractivity contribution >= 4 is 9.28 Å². The SMILES string of the molecule is CO[Si](CC1CCO1)OC. The summed E-state index contributed by atoms with van der Waals surface area (Å²) >= 11 is 0. The van der Waals surface area contributed by atoms with Crippen LogP contribution >= 0.6 is 0 Å². The van der Waals surface area contributed by atoms with Gasteiger partial charge < -0.3 is 13.6 Å². The van der Waals surface area contributed by atoms with Crippen molar-refractivity contribution in [3.05, 3.63) is 0 Å². The zero-order valence-corrected chi connectivity index (χ0v) is 7.42. The van der Waals surface area contributed by atoms with Gasteiger partial charge in [0.2, 0.25) is 0 Å². The molecule has 1 fully saturated rings. The van der Waals surface area contributed by atoms with Crippen molar-refractivity contribution in [2.45, 2.75) is 18.6 Å². The Morgan fingerprint density at radius 3 is 2.40 bits per heavy atom. The van der Waals surface area contributed by atoms with E-state index in [9.17, 15) is 0 Å². The Labute approximate surface area is 63.1 Å². The molecule has 1 atom stereocenters. The van der Waals surface area contributed by atoms with Crippen LogP contribution in [-0.4, -0.2) is 36.2 Å². The molecule has 1 saturated heterocycles. The van der Waals surface area contributed by atoms with Gasteiger partial charge in [-0.25, -0.2) is 0 Å². The molecule has 0 bridgehead atoms. The van der Waals surface area contributed by atoms with Crippen molar-refractivity contribution < 1.29 is 13.6 Å². The molecule has 0 aromatic heterocycles. The fourth-order valence-corrected chi connectivity index (χ4v) is 2.08. The molecule has 0 aromatic carbocycles. The summed E-state index contributed by atoms with van der Waals surface area (Å²) < 4.78 is 15.4. The summed E-state index contributed by atoms with van der Waals surface area (Å²) in [4.78, 5) is 0. The molecule has 59 valence electrons. The molecule has 1 rings (SSSR count). The molecule has 3 nitrogen and oxygen atoms in total. The Kier molecular flexibility index (Phi) is 3.34. The molecule has 1 heterocycles. The second-order valence-electron chi connectivity index (χ2n) is 2.27. The molecule has 0 spiro atoms. The fourth-order valence-electron chi connectivity index (χ4n) is 0.881. The third-order valence-corrected chi connectivity index (χ3v) is 3.34. The van der Waals surface area contributed by atoms with E-state index >= 15 is 0 Å². The van der Waals surface area contributed by atoms with E-state index < -0.39 is 9.28 Å². The summed E-state index contributed by atoms with van der Waals surface area (Å²) in [5.41, 5.74) is 0. The van der Waals surface area contributed by atoms with Crippen molar-refractivity contribution in [1.82, 2.24) is 0 Å². The van der Waals surface area contributed by atoms with Gasteiger partial charge in [0.1, 0.15) is 0 Å². The van der Waals surface area contributed by atoms with Crippen molar-refractivity contribution in [2.75, 3.05) is 20.8 Å². The largest absolute Gasteiger partial charge is 0.397 e. The van der Waals surface area contributed by atoms with Crippen LogP contribution in [-0.2, 0) is 13.6 Å². The first kappa shape index (κ1) is 8.20. The molecule has 0 N–H and O–H groups in total. The highest BCUT2D eigenvalue weighted by Gasteiger charge is 2.25. The van der Waals surface area contributed by atoms with Crippen LogP contribution in [0.5, 0.6) is 0 Å². The van der Waals surface area contributed by atoms with E-state index in [2.05, 4.69) is 0 Å². The van der Waals surface area contributed by atoms with Gasteiger partial charge >= 0.3 is 9.28 Å². The minimum Gasteiger partial charge on any atom is -0.397 e. The lowest BCUT2D eigenvalue weighted by Gasteiger charge is -2.27. The predicted molar refractivity (Wildman–Crippen MR) is 38.9 cm³/mol. The molecule has 0 amide bonds. The number of hydrogen-bond acceptors (Lipinski definition) is 3. The molecular weight excluding hydrogens is 148 g/mol. The normalized spacial score (nSPS) is 24.9. The Morgan fingerprint density at radius 1 is 1.50 bits per heavy atom. The third kappa shape index (κ3) is 2.05. The van der Waals surface area contributed by atoms with Gasteiger partial charge in [0.15, 0.2) is 0 Å². The Morgan fingerprint density at radius 2 is 2.10 bits per heavy atom. The number of rotatable bonds is 4. The van der Waals surface area contributed by atoms with Crippen molar-refractivity contribution in [2.24, 2.45) is 0 Å². The second-order valence-corrected chi connectivity index (χ2v) is 4.23. The van der Waals surface area contributed by atoms with E-state index in [1.54, 1.807) is 14.2 Å². The molecule has 0 saturated carbocycles. The lowest BCUT2D eigenvalue weighted by Crippen LogP contribution is -2.33. The number of ether oxygens (including phenoxy) is 1. The average molecular weight is 161 g/mol. The summed E-state index contributed by atoms with van der Waals surface area (Å²) in [5.74, 6) is 0. The lowest BCUT2D eigenvalue weighted by molar-refractivity contribution is -0.0413. The first-order chi connectivity index (χ1) is 4.86. The molecule has 1 aliphatic heterocycles. The minimum atomic E-state index is -1.01. The summed E-state index contributed by atoms with van der Waals surface area (Å²) in [6.07, 6.45) is 1.58. The molecule has 10 heavy (non-hydrogen) atoms. The van der Waals surface area contributed by atoms with Gasteiger partial charge in [-0.3, -0.25) is 0 Å². The quantitative estimate of drug-likeness (QED) is 0.564. The van der Waals surface area contributed by atoms with Crippen LogP contribution in [0.25, 0.3) is 0 Å². The molecule has 1 aliphatic rings. The summed E-state index contributed by atoms with van der Waals surface area (Å²) in [6, 6.07) is 0.956. The molecule has 0 aromatic rings. The Hall–Kier alpha value is 0.0969. The molecule has 1 unspecified atom stereocenters. The molecule has 1 radical (unpaired) electrons. The fraction of sp³-hybridized carbons (Fsp3) is 1.00. The predicted octanol–water partition coefficient (Wildman–Crippen LogP) is 0.556. The first-order valence-corrected chi connectivity index (χ1v) is 4.94. The zero-order valence-electron chi connectivity index (χ0n) is 6.42. The maximum absolute atomic E-state index is 5.23. The molecule has 4 heteroatoms. The minimum absolute atomic E-state index is 0.411. The highest BCUT2D eigenvalue weighted by atomic mass is 28.3. The lowest BCUT2D eigenvalue weighted by atomic mass is 10.2. The maximum Gasteiger partial charge on any atom is 0.386 e. The van der Waals surface area contributed by atoms with E-state index in [1.165, 1.54) is 6.42 Å². The van der Waals surface area contributed by atoms with E-state index in [0.29, 0.717) is 6.10 Å². The van der Waals surface area contributed by atoms with E-state index in [4.69, 9.17) is 13.6 Å². The maximum atomic E-state index is 5.23. The van der Waals surface area contributed by atoms with Gasteiger partial charge in [-0.1, -0.05) is 0 Å². The number of hydrogen-bond donors (Lipinski definition) is 0.